The van der Waals surface area contributed by atoms with Crippen LogP contribution >= 0.6 is 0 Å². The molecule has 0 aromatic heterocycles. The monoisotopic (exact) mass is 360 g/mol. The number of benzene rings is 1. The lowest BCUT2D eigenvalue weighted by Gasteiger charge is -2.25. The molecule has 0 spiro atoms. The first kappa shape index (κ1) is 18.7. The summed E-state index contributed by atoms with van der Waals surface area (Å²) in [5.74, 6) is -0.176. The van der Waals surface area contributed by atoms with Gasteiger partial charge in [-0.25, -0.2) is 4.79 Å². The van der Waals surface area contributed by atoms with Gasteiger partial charge in [0.05, 0.1) is 12.6 Å². The summed E-state index contributed by atoms with van der Waals surface area (Å²) in [7, 11) is 0. The Morgan fingerprint density at radius 2 is 1.81 bits per heavy atom. The largest absolute Gasteiger partial charge is 0.445 e. The second kappa shape index (κ2) is 9.03. The smallest absolute Gasteiger partial charge is 0.410 e. The quantitative estimate of drug-likeness (QED) is 0.809. The molecule has 1 saturated carbocycles. The van der Waals surface area contributed by atoms with Gasteiger partial charge >= 0.3 is 6.09 Å². The average molecular weight is 360 g/mol. The van der Waals surface area contributed by atoms with Crippen molar-refractivity contribution in [1.82, 2.24) is 10.2 Å². The highest BCUT2D eigenvalue weighted by Crippen LogP contribution is 2.22. The second-order valence-electron chi connectivity index (χ2n) is 7.29. The Balaban J connectivity index is 1.56. The standard InChI is InChI=1S/C20H28N2O4/c23-17-12-18(19(24)21-16-10-6-1-2-7-11-16)22(13-17)20(25)26-14-15-8-4-3-5-9-15/h3-5,8-9,16-18,23H,1-2,6-7,10-14H2,(H,21,24). The molecule has 1 heterocycles. The number of nitrogens with one attached hydrogen (secondary N) is 1. The van der Waals surface area contributed by atoms with E-state index in [0.29, 0.717) is 0 Å². The molecule has 2 unspecified atom stereocenters. The Morgan fingerprint density at radius 1 is 1.12 bits per heavy atom. The van der Waals surface area contributed by atoms with Gasteiger partial charge in [-0.1, -0.05) is 56.0 Å². The molecule has 2 amide bonds. The van der Waals surface area contributed by atoms with Gasteiger partial charge in [0, 0.05) is 12.5 Å². The van der Waals surface area contributed by atoms with Gasteiger partial charge in [0.15, 0.2) is 0 Å². The van der Waals surface area contributed by atoms with Crippen molar-refractivity contribution >= 4 is 12.0 Å². The number of β-amino-alcohol motifs (C(OH)–C–C–N with tert-alkyl or cyclic N) is 1. The first-order valence-corrected chi connectivity index (χ1v) is 9.59. The van der Waals surface area contributed by atoms with Gasteiger partial charge in [-0.2, -0.15) is 0 Å². The molecule has 2 aliphatic rings. The third kappa shape index (κ3) is 4.97. The van der Waals surface area contributed by atoms with Crippen LogP contribution in [0.1, 0.15) is 50.5 Å². The summed E-state index contributed by atoms with van der Waals surface area (Å²) < 4.78 is 5.35. The molecule has 2 N–H and O–H groups in total. The molecule has 0 bridgehead atoms. The zero-order valence-electron chi connectivity index (χ0n) is 15.1. The molecule has 1 aliphatic heterocycles. The van der Waals surface area contributed by atoms with Crippen molar-refractivity contribution in [3.05, 3.63) is 35.9 Å². The number of rotatable bonds is 4. The van der Waals surface area contributed by atoms with Gasteiger partial charge in [0.25, 0.3) is 0 Å². The summed E-state index contributed by atoms with van der Waals surface area (Å²) >= 11 is 0. The van der Waals surface area contributed by atoms with E-state index in [-0.39, 0.29) is 31.5 Å². The van der Waals surface area contributed by atoms with Gasteiger partial charge in [0.1, 0.15) is 12.6 Å². The zero-order valence-corrected chi connectivity index (χ0v) is 15.1. The molecule has 3 rings (SSSR count). The predicted octanol–water partition coefficient (Wildman–Crippen LogP) is 2.60. The highest BCUT2D eigenvalue weighted by atomic mass is 16.6. The Morgan fingerprint density at radius 3 is 2.50 bits per heavy atom. The number of hydrogen-bond acceptors (Lipinski definition) is 4. The fourth-order valence-electron chi connectivity index (χ4n) is 3.79. The summed E-state index contributed by atoms with van der Waals surface area (Å²) in [5.41, 5.74) is 0.889. The maximum atomic E-state index is 12.7. The van der Waals surface area contributed by atoms with Crippen LogP contribution in [0.15, 0.2) is 30.3 Å². The number of hydrogen-bond donors (Lipinski definition) is 2. The Labute approximate surface area is 154 Å². The Hall–Kier alpha value is -2.08. The molecule has 26 heavy (non-hydrogen) atoms. The predicted molar refractivity (Wildman–Crippen MR) is 97.4 cm³/mol. The van der Waals surface area contributed by atoms with Gasteiger partial charge in [-0.05, 0) is 18.4 Å². The second-order valence-corrected chi connectivity index (χ2v) is 7.29. The van der Waals surface area contributed by atoms with Crippen molar-refractivity contribution in [2.45, 2.75) is 69.7 Å². The van der Waals surface area contributed by atoms with Gasteiger partial charge < -0.3 is 15.2 Å². The number of ether oxygens (including phenoxy) is 1. The van der Waals surface area contributed by atoms with Crippen LogP contribution < -0.4 is 5.32 Å². The molecule has 2 atom stereocenters. The number of carbonyl (C=O) groups excluding carboxylic acids is 2. The van der Waals surface area contributed by atoms with Gasteiger partial charge in [0.2, 0.25) is 5.91 Å². The fourth-order valence-corrected chi connectivity index (χ4v) is 3.79. The summed E-state index contributed by atoms with van der Waals surface area (Å²) in [6, 6.07) is 8.93. The van der Waals surface area contributed by atoms with Crippen molar-refractivity contribution < 1.29 is 19.4 Å². The molecule has 0 radical (unpaired) electrons. The lowest BCUT2D eigenvalue weighted by atomic mass is 10.1. The summed E-state index contributed by atoms with van der Waals surface area (Å²) in [5, 5.41) is 13.1. The molecular weight excluding hydrogens is 332 g/mol. The zero-order chi connectivity index (χ0) is 18.4. The number of aliphatic hydroxyl groups excluding tert-OH is 1. The van der Waals surface area contributed by atoms with Crippen LogP contribution in [0, 0.1) is 0 Å². The van der Waals surface area contributed by atoms with Crippen LogP contribution in [0.3, 0.4) is 0 Å². The Kier molecular flexibility index (Phi) is 6.50. The van der Waals surface area contributed by atoms with Crippen molar-refractivity contribution in [1.29, 1.82) is 0 Å². The number of likely N-dealkylation sites (tertiary alicyclic amines) is 1. The van der Waals surface area contributed by atoms with E-state index in [2.05, 4.69) is 5.32 Å². The maximum Gasteiger partial charge on any atom is 0.410 e. The van der Waals surface area contributed by atoms with Crippen molar-refractivity contribution in [3.63, 3.8) is 0 Å². The van der Waals surface area contributed by atoms with Crippen LogP contribution in [-0.4, -0.2) is 46.7 Å². The highest BCUT2D eigenvalue weighted by Gasteiger charge is 2.40. The van der Waals surface area contributed by atoms with E-state index in [9.17, 15) is 14.7 Å². The summed E-state index contributed by atoms with van der Waals surface area (Å²) in [6.45, 7) is 0.291. The van der Waals surface area contributed by atoms with Crippen LogP contribution in [0.2, 0.25) is 0 Å². The van der Waals surface area contributed by atoms with Crippen LogP contribution in [0.4, 0.5) is 4.79 Å². The number of nitrogens with zero attached hydrogens (tertiary/aromatic N) is 1. The SMILES string of the molecule is O=C(NC1CCCCCC1)C1CC(O)CN1C(=O)OCc1ccccc1. The summed E-state index contributed by atoms with van der Waals surface area (Å²) in [4.78, 5) is 26.5. The van der Waals surface area contributed by atoms with Crippen LogP contribution in [-0.2, 0) is 16.1 Å². The number of amides is 2. The number of aliphatic hydroxyl groups is 1. The minimum Gasteiger partial charge on any atom is -0.445 e. The third-order valence-corrected chi connectivity index (χ3v) is 5.22. The van der Waals surface area contributed by atoms with E-state index in [0.717, 1.165) is 31.2 Å². The van der Waals surface area contributed by atoms with Gasteiger partial charge in [-0.3, -0.25) is 9.69 Å². The highest BCUT2D eigenvalue weighted by molar-refractivity contribution is 5.86. The van der Waals surface area contributed by atoms with E-state index >= 15 is 0 Å². The lowest BCUT2D eigenvalue weighted by molar-refractivity contribution is -0.126. The topological polar surface area (TPSA) is 78.9 Å². The minimum atomic E-state index is -0.691. The van der Waals surface area contributed by atoms with E-state index in [1.54, 1.807) is 0 Å². The Bertz CT molecular complexity index is 599. The normalized spacial score (nSPS) is 24.1. The van der Waals surface area contributed by atoms with Crippen molar-refractivity contribution in [3.8, 4) is 0 Å². The van der Waals surface area contributed by atoms with E-state index in [1.807, 2.05) is 30.3 Å². The number of carbonyl (C=O) groups is 2. The minimum absolute atomic E-state index is 0.135. The molecular formula is C20H28N2O4. The van der Waals surface area contributed by atoms with Crippen LogP contribution in [0.25, 0.3) is 0 Å². The molecule has 1 aliphatic carbocycles. The first-order valence-electron chi connectivity index (χ1n) is 9.59. The molecule has 1 saturated heterocycles. The molecule has 6 heteroatoms. The third-order valence-electron chi connectivity index (χ3n) is 5.22. The summed E-state index contributed by atoms with van der Waals surface area (Å²) in [6.07, 6.45) is 5.68. The fraction of sp³-hybridized carbons (Fsp3) is 0.600. The molecule has 2 fully saturated rings. The maximum absolute atomic E-state index is 12.7. The van der Waals surface area contributed by atoms with Crippen LogP contribution in [0.5, 0.6) is 0 Å². The molecule has 1 aromatic carbocycles. The van der Waals surface area contributed by atoms with Gasteiger partial charge in [-0.15, -0.1) is 0 Å². The van der Waals surface area contributed by atoms with E-state index < -0.39 is 18.2 Å². The van der Waals surface area contributed by atoms with Crippen molar-refractivity contribution in [2.75, 3.05) is 6.54 Å². The molecule has 1 aromatic rings. The van der Waals surface area contributed by atoms with E-state index in [1.165, 1.54) is 17.7 Å². The molecule has 142 valence electrons. The average Bonchev–Trinajstić information content (AvgIpc) is 2.87. The molecule has 6 nitrogen and oxygen atoms in total. The van der Waals surface area contributed by atoms with E-state index in [4.69, 9.17) is 4.74 Å². The lowest BCUT2D eigenvalue weighted by Crippen LogP contribution is -2.48. The van der Waals surface area contributed by atoms with Crippen molar-refractivity contribution in [2.24, 2.45) is 0 Å². The first-order chi connectivity index (χ1) is 12.6.